The van der Waals surface area contributed by atoms with Crippen LogP contribution in [0.3, 0.4) is 0 Å². The summed E-state index contributed by atoms with van der Waals surface area (Å²) < 4.78 is 9.82. The van der Waals surface area contributed by atoms with Crippen LogP contribution in [0.15, 0.2) is 46.9 Å². The Morgan fingerprint density at radius 1 is 1.18 bits per heavy atom. The van der Waals surface area contributed by atoms with Crippen molar-refractivity contribution in [3.05, 3.63) is 70.1 Å². The summed E-state index contributed by atoms with van der Waals surface area (Å²) in [4.78, 5) is 40.7. The van der Waals surface area contributed by atoms with Gasteiger partial charge in [0, 0.05) is 12.6 Å². The van der Waals surface area contributed by atoms with E-state index in [1.807, 2.05) is 30.3 Å². The Morgan fingerprint density at radius 2 is 1.88 bits per heavy atom. The van der Waals surface area contributed by atoms with Crippen LogP contribution in [-0.4, -0.2) is 33.0 Å². The Labute approximate surface area is 201 Å². The number of hydrogen-bond acceptors (Lipinski definition) is 7. The van der Waals surface area contributed by atoms with Gasteiger partial charge in [0.25, 0.3) is 17.7 Å². The standard InChI is InChI=1S/C24H27N5O4S/c1-14-11-12-17(33-14)20(23(31)27-13-15-7-3-2-4-8-15)29(16-9-5-6-10-16)24(32)21-18(25)19(22(26)30)28-34-21/h2-4,7-8,11-12,16,20H,5-6,9-10,13,25H2,1H3,(H2,26,30)(H,27,31). The van der Waals surface area contributed by atoms with Crippen LogP contribution in [0.2, 0.25) is 0 Å². The van der Waals surface area contributed by atoms with Gasteiger partial charge in [-0.25, -0.2) is 0 Å². The zero-order valence-electron chi connectivity index (χ0n) is 18.8. The first-order valence-corrected chi connectivity index (χ1v) is 11.9. The van der Waals surface area contributed by atoms with Crippen molar-refractivity contribution in [2.45, 2.75) is 51.2 Å². The van der Waals surface area contributed by atoms with Gasteiger partial charge in [-0.05, 0) is 49.0 Å². The highest BCUT2D eigenvalue weighted by molar-refractivity contribution is 7.09. The lowest BCUT2D eigenvalue weighted by Crippen LogP contribution is -2.47. The van der Waals surface area contributed by atoms with Gasteiger partial charge in [0.1, 0.15) is 16.4 Å². The van der Waals surface area contributed by atoms with Gasteiger partial charge in [-0.3, -0.25) is 14.4 Å². The minimum atomic E-state index is -1.01. The summed E-state index contributed by atoms with van der Waals surface area (Å²) in [6, 6.07) is 11.8. The summed E-state index contributed by atoms with van der Waals surface area (Å²) in [5.41, 5.74) is 12.1. The van der Waals surface area contributed by atoms with Gasteiger partial charge in [-0.15, -0.1) is 0 Å². The normalized spacial score (nSPS) is 14.6. The molecule has 10 heteroatoms. The van der Waals surface area contributed by atoms with Gasteiger partial charge in [-0.1, -0.05) is 43.2 Å². The lowest BCUT2D eigenvalue weighted by atomic mass is 10.1. The molecular formula is C24H27N5O4S. The lowest BCUT2D eigenvalue weighted by molar-refractivity contribution is -0.127. The predicted molar refractivity (Wildman–Crippen MR) is 128 cm³/mol. The molecule has 3 aromatic rings. The first-order chi connectivity index (χ1) is 16.4. The molecule has 0 saturated heterocycles. The van der Waals surface area contributed by atoms with Gasteiger partial charge in [0.05, 0.1) is 5.69 Å². The van der Waals surface area contributed by atoms with Crippen LogP contribution in [0.25, 0.3) is 0 Å². The molecule has 0 aliphatic heterocycles. The summed E-state index contributed by atoms with van der Waals surface area (Å²) in [6.07, 6.45) is 3.37. The molecule has 1 aliphatic carbocycles. The average molecular weight is 482 g/mol. The van der Waals surface area contributed by atoms with E-state index in [0.29, 0.717) is 18.1 Å². The fourth-order valence-corrected chi connectivity index (χ4v) is 5.05. The van der Waals surface area contributed by atoms with Crippen molar-refractivity contribution in [2.24, 2.45) is 5.73 Å². The van der Waals surface area contributed by atoms with Gasteiger partial charge >= 0.3 is 0 Å². The van der Waals surface area contributed by atoms with Crippen molar-refractivity contribution < 1.29 is 18.8 Å². The minimum absolute atomic E-state index is 0.0652. The highest BCUT2D eigenvalue weighted by atomic mass is 32.1. The molecule has 9 nitrogen and oxygen atoms in total. The van der Waals surface area contributed by atoms with Crippen molar-refractivity contribution in [3.63, 3.8) is 0 Å². The van der Waals surface area contributed by atoms with E-state index < -0.39 is 17.9 Å². The number of aryl methyl sites for hydroxylation is 1. The number of anilines is 1. The Bertz CT molecular complexity index is 1180. The number of benzene rings is 1. The molecule has 0 radical (unpaired) electrons. The summed E-state index contributed by atoms with van der Waals surface area (Å²) >= 11 is 0.810. The topological polar surface area (TPSA) is 145 Å². The summed E-state index contributed by atoms with van der Waals surface area (Å²) in [5.74, 6) is -0.650. The second-order valence-electron chi connectivity index (χ2n) is 8.34. The molecular weight excluding hydrogens is 454 g/mol. The van der Waals surface area contributed by atoms with E-state index in [9.17, 15) is 14.4 Å². The van der Waals surface area contributed by atoms with Crippen molar-refractivity contribution in [3.8, 4) is 0 Å². The molecule has 0 spiro atoms. The maximum absolute atomic E-state index is 13.8. The molecule has 178 valence electrons. The number of carbonyl (C=O) groups excluding carboxylic acids is 3. The molecule has 1 unspecified atom stereocenters. The van der Waals surface area contributed by atoms with Gasteiger partial charge in [0.2, 0.25) is 0 Å². The van der Waals surface area contributed by atoms with Gasteiger partial charge in [0.15, 0.2) is 11.7 Å². The van der Waals surface area contributed by atoms with Crippen molar-refractivity contribution in [2.75, 3.05) is 5.73 Å². The Morgan fingerprint density at radius 3 is 2.47 bits per heavy atom. The van der Waals surface area contributed by atoms with E-state index in [-0.39, 0.29) is 28.2 Å². The monoisotopic (exact) mass is 481 g/mol. The maximum atomic E-state index is 13.8. The number of aromatic nitrogens is 1. The molecule has 2 heterocycles. The first kappa shape index (κ1) is 23.5. The average Bonchev–Trinajstić information content (AvgIpc) is 3.57. The van der Waals surface area contributed by atoms with E-state index in [1.54, 1.807) is 24.0 Å². The van der Waals surface area contributed by atoms with Crippen LogP contribution < -0.4 is 16.8 Å². The third kappa shape index (κ3) is 4.81. The van der Waals surface area contributed by atoms with E-state index >= 15 is 0 Å². The van der Waals surface area contributed by atoms with Crippen LogP contribution >= 0.6 is 11.5 Å². The first-order valence-electron chi connectivity index (χ1n) is 11.1. The molecule has 5 N–H and O–H groups in total. The summed E-state index contributed by atoms with van der Waals surface area (Å²) in [6.45, 7) is 2.08. The van der Waals surface area contributed by atoms with E-state index in [2.05, 4.69) is 9.69 Å². The lowest BCUT2D eigenvalue weighted by Gasteiger charge is -2.34. The number of amides is 3. The van der Waals surface area contributed by atoms with Gasteiger partial charge in [-0.2, -0.15) is 4.37 Å². The number of nitrogen functional groups attached to an aromatic ring is 1. The third-order valence-corrected chi connectivity index (χ3v) is 6.83. The molecule has 3 amide bonds. The molecule has 4 rings (SSSR count). The number of nitrogens with two attached hydrogens (primary N) is 2. The minimum Gasteiger partial charge on any atom is -0.464 e. The van der Waals surface area contributed by atoms with Crippen LogP contribution in [0.5, 0.6) is 0 Å². The van der Waals surface area contributed by atoms with Crippen LogP contribution in [-0.2, 0) is 11.3 Å². The Kier molecular flexibility index (Phi) is 6.97. The SMILES string of the molecule is Cc1ccc(C(C(=O)NCc2ccccc2)N(C(=O)c2snc(C(N)=O)c2N)C2CCCC2)o1. The van der Waals surface area contributed by atoms with Crippen LogP contribution in [0.4, 0.5) is 5.69 Å². The third-order valence-electron chi connectivity index (χ3n) is 5.97. The van der Waals surface area contributed by atoms with E-state index in [0.717, 1.165) is 42.8 Å². The summed E-state index contributed by atoms with van der Waals surface area (Å²) in [7, 11) is 0. The summed E-state index contributed by atoms with van der Waals surface area (Å²) in [5, 5.41) is 2.94. The number of primary amides is 1. The zero-order valence-corrected chi connectivity index (χ0v) is 19.6. The maximum Gasteiger partial charge on any atom is 0.270 e. The second-order valence-corrected chi connectivity index (χ2v) is 9.12. The van der Waals surface area contributed by atoms with E-state index in [4.69, 9.17) is 15.9 Å². The number of furan rings is 1. The van der Waals surface area contributed by atoms with Crippen molar-refractivity contribution in [1.82, 2.24) is 14.6 Å². The predicted octanol–water partition coefficient (Wildman–Crippen LogP) is 3.17. The highest BCUT2D eigenvalue weighted by Gasteiger charge is 2.41. The zero-order chi connectivity index (χ0) is 24.2. The second kappa shape index (κ2) is 10.1. The fraction of sp³-hybridized carbons (Fsp3) is 0.333. The number of carbonyl (C=O) groups is 3. The van der Waals surface area contributed by atoms with E-state index in [1.165, 1.54) is 0 Å². The fourth-order valence-electron chi connectivity index (χ4n) is 4.30. The van der Waals surface area contributed by atoms with Crippen molar-refractivity contribution in [1.29, 1.82) is 0 Å². The number of nitrogens with one attached hydrogen (secondary N) is 1. The van der Waals surface area contributed by atoms with Crippen LogP contribution in [0, 0.1) is 6.92 Å². The Balaban J connectivity index is 1.72. The number of nitrogens with zero attached hydrogens (tertiary/aromatic N) is 2. The molecule has 0 bridgehead atoms. The highest BCUT2D eigenvalue weighted by Crippen LogP contribution is 2.36. The molecule has 1 atom stereocenters. The van der Waals surface area contributed by atoms with Crippen molar-refractivity contribution >= 4 is 34.9 Å². The molecule has 2 aromatic heterocycles. The quantitative estimate of drug-likeness (QED) is 0.451. The smallest absolute Gasteiger partial charge is 0.270 e. The number of rotatable bonds is 8. The largest absolute Gasteiger partial charge is 0.464 e. The molecule has 1 fully saturated rings. The molecule has 34 heavy (non-hydrogen) atoms. The van der Waals surface area contributed by atoms with Crippen LogP contribution in [0.1, 0.15) is 69.0 Å². The number of hydrogen-bond donors (Lipinski definition) is 3. The molecule has 1 saturated carbocycles. The molecule has 1 aliphatic rings. The Hall–Kier alpha value is -3.66. The van der Waals surface area contributed by atoms with Gasteiger partial charge < -0.3 is 26.1 Å². The molecule has 1 aromatic carbocycles.